The van der Waals surface area contributed by atoms with Gasteiger partial charge in [-0.25, -0.2) is 4.98 Å². The molecule has 0 spiro atoms. The van der Waals surface area contributed by atoms with Crippen LogP contribution < -0.4 is 5.32 Å². The van der Waals surface area contributed by atoms with Crippen molar-refractivity contribution in [2.45, 2.75) is 31.7 Å². The maximum atomic E-state index is 12.3. The van der Waals surface area contributed by atoms with Gasteiger partial charge in [-0.3, -0.25) is 14.9 Å². The third kappa shape index (κ3) is 2.99. The van der Waals surface area contributed by atoms with Crippen LogP contribution in [0.1, 0.15) is 31.7 Å². The molecule has 2 fully saturated rings. The number of carbonyl (C=O) groups excluding carboxylic acids is 2. The lowest BCUT2D eigenvalue weighted by Gasteiger charge is -2.30. The minimum atomic E-state index is -0.0573. The van der Waals surface area contributed by atoms with Crippen LogP contribution in [-0.2, 0) is 9.59 Å². The maximum Gasteiger partial charge on any atom is 0.245 e. The summed E-state index contributed by atoms with van der Waals surface area (Å²) in [6.07, 6.45) is 8.65. The van der Waals surface area contributed by atoms with Gasteiger partial charge in [0.1, 0.15) is 0 Å². The van der Waals surface area contributed by atoms with Crippen LogP contribution in [0.4, 0.5) is 5.95 Å². The SMILES string of the molecule is C=CC(=O)N1CCC(C(=O)Nc2nccn2C2CC2)CC1. The molecule has 2 heterocycles. The highest BCUT2D eigenvalue weighted by molar-refractivity contribution is 5.91. The third-order valence-corrected chi connectivity index (χ3v) is 4.20. The number of nitrogens with zero attached hydrogens (tertiary/aromatic N) is 3. The van der Waals surface area contributed by atoms with E-state index in [1.54, 1.807) is 11.1 Å². The van der Waals surface area contributed by atoms with E-state index in [9.17, 15) is 9.59 Å². The molecule has 3 rings (SSSR count). The van der Waals surface area contributed by atoms with E-state index >= 15 is 0 Å². The van der Waals surface area contributed by atoms with Crippen LogP contribution in [0, 0.1) is 5.92 Å². The van der Waals surface area contributed by atoms with Gasteiger partial charge in [0.05, 0.1) is 0 Å². The zero-order valence-electron chi connectivity index (χ0n) is 12.0. The number of hydrogen-bond acceptors (Lipinski definition) is 3. The molecule has 1 aromatic heterocycles. The first-order valence-electron chi connectivity index (χ1n) is 7.44. The fraction of sp³-hybridized carbons (Fsp3) is 0.533. The first-order valence-corrected chi connectivity index (χ1v) is 7.44. The number of nitrogens with one attached hydrogen (secondary N) is 1. The highest BCUT2D eigenvalue weighted by Crippen LogP contribution is 2.36. The van der Waals surface area contributed by atoms with Crippen LogP contribution in [0.25, 0.3) is 0 Å². The number of carbonyl (C=O) groups is 2. The molecule has 1 saturated heterocycles. The van der Waals surface area contributed by atoms with Gasteiger partial charge in [0.2, 0.25) is 17.8 Å². The second kappa shape index (κ2) is 5.71. The number of piperidine rings is 1. The van der Waals surface area contributed by atoms with Crippen LogP contribution in [0.5, 0.6) is 0 Å². The number of aromatic nitrogens is 2. The average Bonchev–Trinajstić information content (AvgIpc) is 3.26. The fourth-order valence-corrected chi connectivity index (χ4v) is 2.76. The summed E-state index contributed by atoms with van der Waals surface area (Å²) in [6.45, 7) is 4.71. The molecule has 21 heavy (non-hydrogen) atoms. The Balaban J connectivity index is 1.55. The molecule has 0 bridgehead atoms. The van der Waals surface area contributed by atoms with E-state index in [2.05, 4.69) is 16.9 Å². The molecule has 1 aromatic rings. The number of anilines is 1. The smallest absolute Gasteiger partial charge is 0.245 e. The summed E-state index contributed by atoms with van der Waals surface area (Å²) in [4.78, 5) is 29.8. The van der Waals surface area contributed by atoms with Gasteiger partial charge in [-0.2, -0.15) is 0 Å². The van der Waals surface area contributed by atoms with E-state index in [0.29, 0.717) is 37.9 Å². The summed E-state index contributed by atoms with van der Waals surface area (Å²) in [5.74, 6) is 0.544. The summed E-state index contributed by atoms with van der Waals surface area (Å²) in [6, 6.07) is 0.495. The van der Waals surface area contributed by atoms with Gasteiger partial charge < -0.3 is 9.47 Å². The molecular weight excluding hydrogens is 268 g/mol. The first-order chi connectivity index (χ1) is 10.2. The van der Waals surface area contributed by atoms with Crippen LogP contribution >= 0.6 is 0 Å². The molecule has 0 unspecified atom stereocenters. The van der Waals surface area contributed by atoms with Crippen molar-refractivity contribution >= 4 is 17.8 Å². The van der Waals surface area contributed by atoms with Crippen molar-refractivity contribution in [2.24, 2.45) is 5.92 Å². The van der Waals surface area contributed by atoms with Gasteiger partial charge >= 0.3 is 0 Å². The predicted molar refractivity (Wildman–Crippen MR) is 78.6 cm³/mol. The molecule has 6 nitrogen and oxygen atoms in total. The number of amides is 2. The van der Waals surface area contributed by atoms with Gasteiger partial charge in [0.25, 0.3) is 0 Å². The van der Waals surface area contributed by atoms with Crippen molar-refractivity contribution in [3.8, 4) is 0 Å². The van der Waals surface area contributed by atoms with Crippen LogP contribution in [0.15, 0.2) is 25.0 Å². The summed E-state index contributed by atoms with van der Waals surface area (Å²) in [5, 5.41) is 2.93. The Morgan fingerprint density at radius 3 is 2.62 bits per heavy atom. The first kappa shape index (κ1) is 13.9. The van der Waals surface area contributed by atoms with Crippen molar-refractivity contribution in [1.29, 1.82) is 0 Å². The molecule has 1 saturated carbocycles. The maximum absolute atomic E-state index is 12.3. The Morgan fingerprint density at radius 1 is 1.29 bits per heavy atom. The molecule has 1 aliphatic carbocycles. The lowest BCUT2D eigenvalue weighted by atomic mass is 9.96. The molecule has 2 amide bonds. The van der Waals surface area contributed by atoms with E-state index in [1.807, 2.05) is 10.8 Å². The van der Waals surface area contributed by atoms with Gasteiger partial charge in [0, 0.05) is 37.4 Å². The molecule has 0 radical (unpaired) electrons. The minimum Gasteiger partial charge on any atom is -0.339 e. The van der Waals surface area contributed by atoms with E-state index in [-0.39, 0.29) is 17.7 Å². The quantitative estimate of drug-likeness (QED) is 0.855. The van der Waals surface area contributed by atoms with Gasteiger partial charge in [-0.15, -0.1) is 0 Å². The van der Waals surface area contributed by atoms with E-state index in [1.165, 1.54) is 6.08 Å². The molecule has 112 valence electrons. The van der Waals surface area contributed by atoms with Crippen molar-refractivity contribution in [2.75, 3.05) is 18.4 Å². The lowest BCUT2D eigenvalue weighted by Crippen LogP contribution is -2.40. The Labute approximate surface area is 123 Å². The Bertz CT molecular complexity index is 554. The van der Waals surface area contributed by atoms with Crippen LogP contribution in [0.2, 0.25) is 0 Å². The second-order valence-corrected chi connectivity index (χ2v) is 5.68. The Morgan fingerprint density at radius 2 is 2.00 bits per heavy atom. The van der Waals surface area contributed by atoms with Gasteiger partial charge in [-0.1, -0.05) is 6.58 Å². The number of imidazole rings is 1. The topological polar surface area (TPSA) is 67.2 Å². The Kier molecular flexibility index (Phi) is 3.77. The summed E-state index contributed by atoms with van der Waals surface area (Å²) >= 11 is 0. The fourth-order valence-electron chi connectivity index (χ4n) is 2.76. The third-order valence-electron chi connectivity index (χ3n) is 4.20. The van der Waals surface area contributed by atoms with Crippen LogP contribution in [0.3, 0.4) is 0 Å². The van der Waals surface area contributed by atoms with Crippen molar-refractivity contribution in [1.82, 2.24) is 14.5 Å². The Hall–Kier alpha value is -2.11. The summed E-state index contributed by atoms with van der Waals surface area (Å²) in [5.41, 5.74) is 0. The molecule has 6 heteroatoms. The number of likely N-dealkylation sites (tertiary alicyclic amines) is 1. The van der Waals surface area contributed by atoms with E-state index in [4.69, 9.17) is 0 Å². The minimum absolute atomic E-state index is 0.00815. The number of hydrogen-bond donors (Lipinski definition) is 1. The zero-order valence-corrected chi connectivity index (χ0v) is 12.0. The highest BCUT2D eigenvalue weighted by atomic mass is 16.2. The van der Waals surface area contributed by atoms with Crippen molar-refractivity contribution < 1.29 is 9.59 Å². The van der Waals surface area contributed by atoms with Crippen LogP contribution in [-0.4, -0.2) is 39.4 Å². The predicted octanol–water partition coefficient (Wildman–Crippen LogP) is 1.58. The lowest BCUT2D eigenvalue weighted by molar-refractivity contribution is -0.130. The van der Waals surface area contributed by atoms with Crippen molar-refractivity contribution in [3.05, 3.63) is 25.0 Å². The standard InChI is InChI=1S/C15H20N4O2/c1-2-13(20)18-8-5-11(6-9-18)14(21)17-15-16-7-10-19(15)12-3-4-12/h2,7,10-12H,1,3-6,8-9H2,(H,16,17,21). The van der Waals surface area contributed by atoms with E-state index < -0.39 is 0 Å². The van der Waals surface area contributed by atoms with E-state index in [0.717, 1.165) is 12.8 Å². The van der Waals surface area contributed by atoms with Gasteiger partial charge in [-0.05, 0) is 31.8 Å². The molecule has 1 aliphatic heterocycles. The largest absolute Gasteiger partial charge is 0.339 e. The molecule has 0 atom stereocenters. The highest BCUT2D eigenvalue weighted by Gasteiger charge is 2.29. The average molecular weight is 288 g/mol. The molecule has 1 N–H and O–H groups in total. The molecular formula is C15H20N4O2. The zero-order chi connectivity index (χ0) is 14.8. The number of rotatable bonds is 4. The monoisotopic (exact) mass is 288 g/mol. The summed E-state index contributed by atoms with van der Waals surface area (Å²) < 4.78 is 2.04. The molecule has 0 aromatic carbocycles. The van der Waals surface area contributed by atoms with Gasteiger partial charge in [0.15, 0.2) is 0 Å². The normalized spacial score (nSPS) is 19.3. The molecule has 2 aliphatic rings. The summed E-state index contributed by atoms with van der Waals surface area (Å²) in [7, 11) is 0. The van der Waals surface area contributed by atoms with Crippen molar-refractivity contribution in [3.63, 3.8) is 0 Å². The second-order valence-electron chi connectivity index (χ2n) is 5.68.